The fraction of sp³-hybridized carbons (Fsp3) is 0.600. The van der Waals surface area contributed by atoms with Crippen molar-refractivity contribution >= 4 is 6.34 Å². The van der Waals surface area contributed by atoms with Crippen LogP contribution in [-0.2, 0) is 0 Å². The molecule has 0 unspecified atom stereocenters. The fourth-order valence-electron chi connectivity index (χ4n) is 0.689. The Hall–Kier alpha value is -1.08. The van der Waals surface area contributed by atoms with Crippen molar-refractivity contribution in [1.29, 1.82) is 10.7 Å². The molecular formula is C5H8N4. The van der Waals surface area contributed by atoms with Gasteiger partial charge in [-0.3, -0.25) is 5.41 Å². The number of rotatable bonds is 2. The quantitative estimate of drug-likeness (QED) is 0.244. The number of nitrogens with zero attached hydrogens (tertiary/aromatic N) is 3. The summed E-state index contributed by atoms with van der Waals surface area (Å²) >= 11 is 0. The van der Waals surface area contributed by atoms with Crippen LogP contribution in [0.3, 0.4) is 0 Å². The first-order chi connectivity index (χ1) is 4.38. The number of hydrazine groups is 1. The van der Waals surface area contributed by atoms with Gasteiger partial charge in [-0.1, -0.05) is 0 Å². The first kappa shape index (κ1) is 6.05. The SMILES string of the molecule is N#CN(C=N)N1CCC1. The van der Waals surface area contributed by atoms with E-state index in [2.05, 4.69) is 0 Å². The van der Waals surface area contributed by atoms with Crippen molar-refractivity contribution in [3.05, 3.63) is 0 Å². The molecule has 0 aromatic heterocycles. The van der Waals surface area contributed by atoms with Gasteiger partial charge in [-0.05, 0) is 6.42 Å². The van der Waals surface area contributed by atoms with Crippen molar-refractivity contribution in [2.45, 2.75) is 6.42 Å². The monoisotopic (exact) mass is 124 g/mol. The third-order valence-corrected chi connectivity index (χ3v) is 1.36. The molecule has 0 spiro atoms. The summed E-state index contributed by atoms with van der Waals surface area (Å²) < 4.78 is 0. The lowest BCUT2D eigenvalue weighted by Gasteiger charge is -2.34. The molecule has 1 fully saturated rings. The van der Waals surface area contributed by atoms with Gasteiger partial charge in [0.15, 0.2) is 0 Å². The zero-order valence-corrected chi connectivity index (χ0v) is 5.04. The molecule has 0 aromatic rings. The van der Waals surface area contributed by atoms with Crippen LogP contribution in [0.2, 0.25) is 0 Å². The first-order valence-electron chi connectivity index (χ1n) is 2.83. The van der Waals surface area contributed by atoms with Crippen LogP contribution in [-0.4, -0.2) is 29.4 Å². The van der Waals surface area contributed by atoms with Crippen LogP contribution >= 0.6 is 0 Å². The minimum absolute atomic E-state index is 0.906. The van der Waals surface area contributed by atoms with Crippen LogP contribution in [0, 0.1) is 16.9 Å². The van der Waals surface area contributed by atoms with E-state index in [1.165, 1.54) is 5.01 Å². The normalized spacial score (nSPS) is 17.7. The van der Waals surface area contributed by atoms with E-state index in [-0.39, 0.29) is 0 Å². The predicted molar refractivity (Wildman–Crippen MR) is 32.4 cm³/mol. The lowest BCUT2D eigenvalue weighted by molar-refractivity contribution is 0.0346. The highest BCUT2D eigenvalue weighted by Gasteiger charge is 2.18. The van der Waals surface area contributed by atoms with Gasteiger partial charge in [0, 0.05) is 13.1 Å². The number of nitriles is 1. The highest BCUT2D eigenvalue weighted by molar-refractivity contribution is 5.52. The van der Waals surface area contributed by atoms with Gasteiger partial charge < -0.3 is 0 Å². The van der Waals surface area contributed by atoms with Gasteiger partial charge >= 0.3 is 0 Å². The minimum atomic E-state index is 0.906. The summed E-state index contributed by atoms with van der Waals surface area (Å²) in [5.74, 6) is 0. The van der Waals surface area contributed by atoms with E-state index in [9.17, 15) is 0 Å². The van der Waals surface area contributed by atoms with Crippen LogP contribution in [0.25, 0.3) is 0 Å². The van der Waals surface area contributed by atoms with E-state index in [4.69, 9.17) is 10.7 Å². The molecule has 0 amide bonds. The van der Waals surface area contributed by atoms with Crippen LogP contribution in [0.4, 0.5) is 0 Å². The molecule has 4 heteroatoms. The molecule has 1 aliphatic heterocycles. The molecule has 0 aliphatic carbocycles. The third kappa shape index (κ3) is 1.00. The van der Waals surface area contributed by atoms with E-state index in [1.807, 2.05) is 11.2 Å². The van der Waals surface area contributed by atoms with Gasteiger partial charge in [0.2, 0.25) is 6.19 Å². The maximum Gasteiger partial charge on any atom is 0.201 e. The van der Waals surface area contributed by atoms with Gasteiger partial charge in [0.1, 0.15) is 6.34 Å². The summed E-state index contributed by atoms with van der Waals surface area (Å²) in [6, 6.07) is 0. The molecule has 1 heterocycles. The lowest BCUT2D eigenvalue weighted by Crippen LogP contribution is -2.47. The van der Waals surface area contributed by atoms with E-state index in [0.29, 0.717) is 0 Å². The highest BCUT2D eigenvalue weighted by atomic mass is 15.6. The van der Waals surface area contributed by atoms with Gasteiger partial charge in [-0.25, -0.2) is 5.01 Å². The molecule has 48 valence electrons. The molecule has 0 aromatic carbocycles. The second-order valence-corrected chi connectivity index (χ2v) is 1.88. The molecule has 9 heavy (non-hydrogen) atoms. The van der Waals surface area contributed by atoms with Crippen molar-refractivity contribution in [2.24, 2.45) is 0 Å². The summed E-state index contributed by atoms with van der Waals surface area (Å²) in [7, 11) is 0. The first-order valence-corrected chi connectivity index (χ1v) is 2.83. The molecule has 1 saturated heterocycles. The van der Waals surface area contributed by atoms with E-state index < -0.39 is 0 Å². The van der Waals surface area contributed by atoms with E-state index in [1.54, 1.807) is 0 Å². The molecule has 4 nitrogen and oxygen atoms in total. The van der Waals surface area contributed by atoms with E-state index >= 15 is 0 Å². The van der Waals surface area contributed by atoms with Crippen molar-refractivity contribution < 1.29 is 0 Å². The summed E-state index contributed by atoms with van der Waals surface area (Å²) in [4.78, 5) is 0. The Morgan fingerprint density at radius 1 is 1.67 bits per heavy atom. The predicted octanol–water partition coefficient (Wildman–Crippen LogP) is -0.00275. The van der Waals surface area contributed by atoms with Gasteiger partial charge in [0.05, 0.1) is 0 Å². The van der Waals surface area contributed by atoms with Crippen LogP contribution in [0.15, 0.2) is 0 Å². The average molecular weight is 124 g/mol. The Balaban J connectivity index is 2.38. The van der Waals surface area contributed by atoms with Crippen molar-refractivity contribution in [1.82, 2.24) is 10.0 Å². The van der Waals surface area contributed by atoms with Crippen molar-refractivity contribution in [3.8, 4) is 6.19 Å². The fourth-order valence-corrected chi connectivity index (χ4v) is 0.689. The van der Waals surface area contributed by atoms with E-state index in [0.717, 1.165) is 25.8 Å². The average Bonchev–Trinajstić information content (AvgIpc) is 1.78. The summed E-state index contributed by atoms with van der Waals surface area (Å²) in [6.07, 6.45) is 4.03. The largest absolute Gasteiger partial charge is 0.289 e. The second-order valence-electron chi connectivity index (χ2n) is 1.88. The Morgan fingerprint density at radius 2 is 2.33 bits per heavy atom. The molecule has 0 atom stereocenters. The zero-order chi connectivity index (χ0) is 6.69. The Bertz CT molecular complexity index is 144. The standard InChI is InChI=1S/C5H8N4/c6-4-9(5-7)8-2-1-3-8/h4,6H,1-3H2. The minimum Gasteiger partial charge on any atom is -0.289 e. The highest BCUT2D eigenvalue weighted by Crippen LogP contribution is 2.06. The van der Waals surface area contributed by atoms with Gasteiger partial charge in [-0.2, -0.15) is 10.3 Å². The van der Waals surface area contributed by atoms with Gasteiger partial charge in [-0.15, -0.1) is 0 Å². The third-order valence-electron chi connectivity index (χ3n) is 1.36. The van der Waals surface area contributed by atoms with Crippen molar-refractivity contribution in [2.75, 3.05) is 13.1 Å². The zero-order valence-electron chi connectivity index (χ0n) is 5.04. The molecule has 0 bridgehead atoms. The molecule has 1 N–H and O–H groups in total. The van der Waals surface area contributed by atoms with Crippen LogP contribution < -0.4 is 0 Å². The molecule has 0 saturated carbocycles. The molecule has 0 radical (unpaired) electrons. The lowest BCUT2D eigenvalue weighted by atomic mass is 10.3. The molecular weight excluding hydrogens is 116 g/mol. The summed E-state index contributed by atoms with van der Waals surface area (Å²) in [6.45, 7) is 1.81. The summed E-state index contributed by atoms with van der Waals surface area (Å²) in [5, 5.41) is 18.2. The molecule has 1 rings (SSSR count). The Kier molecular flexibility index (Phi) is 1.66. The molecule has 1 aliphatic rings. The Labute approximate surface area is 53.8 Å². The van der Waals surface area contributed by atoms with Gasteiger partial charge in [0.25, 0.3) is 0 Å². The topological polar surface area (TPSA) is 54.1 Å². The maximum atomic E-state index is 8.34. The number of nitrogens with one attached hydrogen (secondary N) is 1. The number of hydrogen-bond donors (Lipinski definition) is 1. The van der Waals surface area contributed by atoms with Crippen LogP contribution in [0.5, 0.6) is 0 Å². The number of hydrogen-bond acceptors (Lipinski definition) is 3. The Morgan fingerprint density at radius 3 is 2.44 bits per heavy atom. The summed E-state index contributed by atoms with van der Waals surface area (Å²) in [5.41, 5.74) is 0. The second kappa shape index (κ2) is 2.46. The maximum absolute atomic E-state index is 8.34. The smallest absolute Gasteiger partial charge is 0.201 e. The van der Waals surface area contributed by atoms with Crippen molar-refractivity contribution in [3.63, 3.8) is 0 Å². The van der Waals surface area contributed by atoms with Crippen LogP contribution in [0.1, 0.15) is 6.42 Å².